The molecule has 5 N–H and O–H groups in total. The van der Waals surface area contributed by atoms with Crippen LogP contribution in [0.2, 0.25) is 0 Å². The molecule has 4 unspecified atom stereocenters. The molecule has 0 amide bonds. The first-order valence-electron chi connectivity index (χ1n) is 7.39. The van der Waals surface area contributed by atoms with Crippen LogP contribution in [0.4, 0.5) is 0 Å². The van der Waals surface area contributed by atoms with Crippen LogP contribution < -0.4 is 5.73 Å². The molecule has 0 aromatic heterocycles. The molecule has 0 aliphatic heterocycles. The minimum absolute atomic E-state index is 0.0543. The van der Waals surface area contributed by atoms with Crippen LogP contribution >= 0.6 is 0 Å². The smallest absolute Gasteiger partial charge is 0.106 e. The van der Waals surface area contributed by atoms with Crippen molar-refractivity contribution in [2.75, 3.05) is 0 Å². The molecule has 4 nitrogen and oxygen atoms in total. The second-order valence-corrected chi connectivity index (χ2v) is 6.18. The monoisotopic (exact) mass is 257 g/mol. The molecule has 2 saturated carbocycles. The number of aliphatic hydroxyl groups excluding tert-OH is 3. The van der Waals surface area contributed by atoms with E-state index in [4.69, 9.17) is 5.73 Å². The molecule has 106 valence electrons. The number of nitrogens with two attached hydrogens (primary N) is 1. The Morgan fingerprint density at radius 1 is 0.889 bits per heavy atom. The van der Waals surface area contributed by atoms with E-state index in [1.807, 2.05) is 0 Å². The third-order valence-corrected chi connectivity index (χ3v) is 4.62. The molecule has 0 radical (unpaired) electrons. The second-order valence-electron chi connectivity index (χ2n) is 6.18. The van der Waals surface area contributed by atoms with E-state index in [0.717, 1.165) is 25.7 Å². The highest BCUT2D eigenvalue weighted by molar-refractivity contribution is 4.90. The van der Waals surface area contributed by atoms with E-state index in [0.29, 0.717) is 12.3 Å². The van der Waals surface area contributed by atoms with E-state index in [1.165, 1.54) is 19.3 Å². The van der Waals surface area contributed by atoms with Crippen LogP contribution in [-0.2, 0) is 0 Å². The summed E-state index contributed by atoms with van der Waals surface area (Å²) in [4.78, 5) is 0. The normalized spacial score (nSPS) is 28.7. The van der Waals surface area contributed by atoms with E-state index in [9.17, 15) is 15.3 Å². The third-order valence-electron chi connectivity index (χ3n) is 4.62. The Hall–Kier alpha value is -0.160. The molecule has 0 heterocycles. The fraction of sp³-hybridized carbons (Fsp3) is 1.00. The van der Waals surface area contributed by atoms with Gasteiger partial charge in [-0.05, 0) is 43.9 Å². The Bertz CT molecular complexity index is 251. The molecule has 0 spiro atoms. The van der Waals surface area contributed by atoms with Crippen LogP contribution in [0.15, 0.2) is 0 Å². The molecule has 0 saturated heterocycles. The predicted octanol–water partition coefficient (Wildman–Crippen LogP) is 0.777. The van der Waals surface area contributed by atoms with Gasteiger partial charge in [0.15, 0.2) is 0 Å². The molecule has 18 heavy (non-hydrogen) atoms. The maximum atomic E-state index is 9.98. The minimum atomic E-state index is -1.04. The zero-order chi connectivity index (χ0) is 13.1. The fourth-order valence-electron chi connectivity index (χ4n) is 3.12. The molecule has 0 aromatic rings. The van der Waals surface area contributed by atoms with Crippen molar-refractivity contribution >= 4 is 0 Å². The Morgan fingerprint density at radius 2 is 1.50 bits per heavy atom. The number of hydrogen-bond acceptors (Lipinski definition) is 4. The predicted molar refractivity (Wildman–Crippen MR) is 69.9 cm³/mol. The summed E-state index contributed by atoms with van der Waals surface area (Å²) in [6, 6.07) is -0.0543. The topological polar surface area (TPSA) is 86.7 Å². The Kier molecular flexibility index (Phi) is 5.01. The first kappa shape index (κ1) is 14.3. The van der Waals surface area contributed by atoms with E-state index >= 15 is 0 Å². The van der Waals surface area contributed by atoms with Crippen LogP contribution in [0, 0.1) is 11.8 Å². The molecular weight excluding hydrogens is 230 g/mol. The van der Waals surface area contributed by atoms with Crippen LogP contribution in [-0.4, -0.2) is 39.7 Å². The Morgan fingerprint density at radius 3 is 2.06 bits per heavy atom. The van der Waals surface area contributed by atoms with Gasteiger partial charge in [0.1, 0.15) is 6.10 Å². The molecule has 4 atom stereocenters. The fourth-order valence-corrected chi connectivity index (χ4v) is 3.12. The minimum Gasteiger partial charge on any atom is -0.390 e. The van der Waals surface area contributed by atoms with Crippen LogP contribution in [0.3, 0.4) is 0 Å². The van der Waals surface area contributed by atoms with Crippen molar-refractivity contribution < 1.29 is 15.3 Å². The van der Waals surface area contributed by atoms with Crippen molar-refractivity contribution in [1.82, 2.24) is 0 Å². The first-order valence-corrected chi connectivity index (χ1v) is 7.39. The van der Waals surface area contributed by atoms with Crippen molar-refractivity contribution in [3.8, 4) is 0 Å². The zero-order valence-corrected chi connectivity index (χ0v) is 11.0. The Balaban J connectivity index is 1.76. The van der Waals surface area contributed by atoms with Crippen molar-refractivity contribution in [3.63, 3.8) is 0 Å². The van der Waals surface area contributed by atoms with Crippen LogP contribution in [0.1, 0.15) is 51.4 Å². The summed E-state index contributed by atoms with van der Waals surface area (Å²) in [5, 5.41) is 29.7. The SMILES string of the molecule is NC(CC(O)C(O)C(O)C1CC1)C1CCCCC1. The van der Waals surface area contributed by atoms with Crippen molar-refractivity contribution in [2.45, 2.75) is 75.7 Å². The highest BCUT2D eigenvalue weighted by atomic mass is 16.4. The molecular formula is C14H27NO3. The highest BCUT2D eigenvalue weighted by Gasteiger charge is 2.38. The lowest BCUT2D eigenvalue weighted by Gasteiger charge is -2.31. The van der Waals surface area contributed by atoms with E-state index in [1.54, 1.807) is 0 Å². The molecule has 4 heteroatoms. The average Bonchev–Trinajstić information content (AvgIpc) is 3.22. The summed E-state index contributed by atoms with van der Waals surface area (Å²) in [5.41, 5.74) is 6.13. The molecule has 2 fully saturated rings. The molecule has 2 aliphatic rings. The molecule has 0 bridgehead atoms. The van der Waals surface area contributed by atoms with Gasteiger partial charge in [-0.25, -0.2) is 0 Å². The summed E-state index contributed by atoms with van der Waals surface area (Å²) < 4.78 is 0. The third kappa shape index (κ3) is 3.67. The van der Waals surface area contributed by atoms with Crippen LogP contribution in [0.25, 0.3) is 0 Å². The maximum Gasteiger partial charge on any atom is 0.106 e. The standard InChI is InChI=1S/C14H27NO3/c15-11(9-4-2-1-3-5-9)8-12(16)14(18)13(17)10-6-7-10/h9-14,16-18H,1-8,15H2. The number of aliphatic hydroxyl groups is 3. The average molecular weight is 257 g/mol. The lowest BCUT2D eigenvalue weighted by Crippen LogP contribution is -2.44. The van der Waals surface area contributed by atoms with E-state index in [2.05, 4.69) is 0 Å². The van der Waals surface area contributed by atoms with Gasteiger partial charge in [-0.2, -0.15) is 0 Å². The van der Waals surface area contributed by atoms with Gasteiger partial charge in [0.2, 0.25) is 0 Å². The Labute approximate surface area is 109 Å². The van der Waals surface area contributed by atoms with Gasteiger partial charge in [-0.3, -0.25) is 0 Å². The van der Waals surface area contributed by atoms with Gasteiger partial charge in [0.05, 0.1) is 12.2 Å². The van der Waals surface area contributed by atoms with Gasteiger partial charge in [0, 0.05) is 6.04 Å². The van der Waals surface area contributed by atoms with Gasteiger partial charge in [-0.15, -0.1) is 0 Å². The van der Waals surface area contributed by atoms with Crippen molar-refractivity contribution in [2.24, 2.45) is 17.6 Å². The highest BCUT2D eigenvalue weighted by Crippen LogP contribution is 2.35. The second kappa shape index (κ2) is 6.33. The molecule has 2 rings (SSSR count). The number of hydrogen-bond donors (Lipinski definition) is 4. The summed E-state index contributed by atoms with van der Waals surface area (Å²) in [6.45, 7) is 0. The maximum absolute atomic E-state index is 9.98. The van der Waals surface area contributed by atoms with Crippen molar-refractivity contribution in [1.29, 1.82) is 0 Å². The lowest BCUT2D eigenvalue weighted by atomic mass is 9.81. The summed E-state index contributed by atoms with van der Waals surface area (Å²) in [6.07, 6.45) is 5.61. The summed E-state index contributed by atoms with van der Waals surface area (Å²) in [7, 11) is 0. The molecule has 2 aliphatic carbocycles. The quantitative estimate of drug-likeness (QED) is 0.566. The van der Waals surface area contributed by atoms with Gasteiger partial charge in [0.25, 0.3) is 0 Å². The van der Waals surface area contributed by atoms with E-state index < -0.39 is 18.3 Å². The zero-order valence-electron chi connectivity index (χ0n) is 11.0. The summed E-state index contributed by atoms with van der Waals surface area (Å²) in [5.74, 6) is 0.652. The van der Waals surface area contributed by atoms with E-state index in [-0.39, 0.29) is 12.0 Å². The molecule has 0 aromatic carbocycles. The van der Waals surface area contributed by atoms with Crippen molar-refractivity contribution in [3.05, 3.63) is 0 Å². The van der Waals surface area contributed by atoms with Gasteiger partial charge in [-0.1, -0.05) is 19.3 Å². The largest absolute Gasteiger partial charge is 0.390 e. The van der Waals surface area contributed by atoms with Gasteiger partial charge < -0.3 is 21.1 Å². The van der Waals surface area contributed by atoms with Gasteiger partial charge >= 0.3 is 0 Å². The summed E-state index contributed by atoms with van der Waals surface area (Å²) >= 11 is 0. The first-order chi connectivity index (χ1) is 8.59. The van der Waals surface area contributed by atoms with Crippen LogP contribution in [0.5, 0.6) is 0 Å². The lowest BCUT2D eigenvalue weighted by molar-refractivity contribution is -0.0728. The number of rotatable bonds is 6.